The minimum Gasteiger partial charge on any atom is -0.489 e. The van der Waals surface area contributed by atoms with Gasteiger partial charge in [-0.05, 0) is 86.8 Å². The van der Waals surface area contributed by atoms with E-state index in [1.54, 1.807) is 41.3 Å². The molecule has 2 aliphatic rings. The molecule has 0 atom stereocenters. The number of ether oxygens (including phenoxy) is 1. The Hall–Kier alpha value is -4.34. The summed E-state index contributed by atoms with van der Waals surface area (Å²) in [5, 5.41) is 0. The van der Waals surface area contributed by atoms with Crippen molar-refractivity contribution in [3.63, 3.8) is 0 Å². The fourth-order valence-electron chi connectivity index (χ4n) is 6.02. The molecule has 2 aliphatic heterocycles. The van der Waals surface area contributed by atoms with E-state index in [0.29, 0.717) is 17.8 Å². The number of nitrogens with one attached hydrogen (secondary N) is 1. The minimum absolute atomic E-state index is 0.0827. The van der Waals surface area contributed by atoms with Crippen LogP contribution < -0.4 is 19.3 Å². The van der Waals surface area contributed by atoms with Crippen molar-refractivity contribution < 1.29 is 17.9 Å². The Bertz CT molecular complexity index is 1780. The molecule has 1 amide bonds. The lowest BCUT2D eigenvalue weighted by atomic mass is 10.1. The molecule has 2 heterocycles. The minimum atomic E-state index is -3.75. The summed E-state index contributed by atoms with van der Waals surface area (Å²) in [5.74, 6) is 0.840. The van der Waals surface area contributed by atoms with Gasteiger partial charge in [-0.2, -0.15) is 0 Å². The lowest BCUT2D eigenvalue weighted by Crippen LogP contribution is -2.46. The molecule has 0 aromatic heterocycles. The first-order valence-electron chi connectivity index (χ1n) is 15.5. The van der Waals surface area contributed by atoms with Crippen LogP contribution in [-0.2, 0) is 23.0 Å². The third kappa shape index (κ3) is 7.00. The molecule has 6 rings (SSSR count). The molecule has 4 aromatic rings. The topological polar surface area (TPSA) is 82.2 Å². The van der Waals surface area contributed by atoms with Gasteiger partial charge in [0.2, 0.25) is 0 Å². The summed E-state index contributed by atoms with van der Waals surface area (Å²) in [5.41, 5.74) is 6.04. The lowest BCUT2D eigenvalue weighted by Gasteiger charge is -2.37. The second-order valence-corrected chi connectivity index (χ2v) is 13.7. The van der Waals surface area contributed by atoms with E-state index in [9.17, 15) is 13.2 Å². The molecule has 0 bridgehead atoms. The fraction of sp³-hybridized carbons (Fsp3) is 0.306. The molecule has 0 radical (unpaired) electrons. The van der Waals surface area contributed by atoms with Crippen LogP contribution in [0.5, 0.6) is 5.75 Å². The summed E-state index contributed by atoms with van der Waals surface area (Å²) < 4.78 is 34.7. The standard InChI is InChI=1S/C36H40N4O4S/c1-26(2)44-35-10-5-4-9-33(35)39-21-19-38(20-22-39)25-28-7-6-8-30(23-28)36(41)40-18-17-29-13-14-31(24-34(29)40)37-45(42,43)32-15-11-27(3)12-16-32/h4-16,23-24,26,37H,17-22,25H2,1-3H3. The van der Waals surface area contributed by atoms with E-state index in [0.717, 1.165) is 73.0 Å². The molecular formula is C36H40N4O4S. The molecular weight excluding hydrogens is 584 g/mol. The summed E-state index contributed by atoms with van der Waals surface area (Å²) in [6.45, 7) is 10.9. The molecule has 8 nitrogen and oxygen atoms in total. The van der Waals surface area contributed by atoms with Crippen LogP contribution >= 0.6 is 0 Å². The van der Waals surface area contributed by atoms with Crippen molar-refractivity contribution in [2.75, 3.05) is 47.2 Å². The van der Waals surface area contributed by atoms with Gasteiger partial charge < -0.3 is 14.5 Å². The second kappa shape index (κ2) is 12.9. The number of carbonyl (C=O) groups excluding carboxylic acids is 1. The number of aryl methyl sites for hydroxylation is 1. The third-order valence-corrected chi connectivity index (χ3v) is 9.73. The van der Waals surface area contributed by atoms with E-state index in [2.05, 4.69) is 32.7 Å². The summed E-state index contributed by atoms with van der Waals surface area (Å²) in [6.07, 6.45) is 0.844. The maximum absolute atomic E-state index is 13.8. The highest BCUT2D eigenvalue weighted by atomic mass is 32.2. The normalized spacial score (nSPS) is 15.3. The van der Waals surface area contributed by atoms with Crippen LogP contribution in [0, 0.1) is 6.92 Å². The number of hydrogen-bond donors (Lipinski definition) is 1. The number of nitrogens with zero attached hydrogens (tertiary/aromatic N) is 3. The van der Waals surface area contributed by atoms with Crippen molar-refractivity contribution in [1.29, 1.82) is 0 Å². The molecule has 0 spiro atoms. The molecule has 0 unspecified atom stereocenters. The summed E-state index contributed by atoms with van der Waals surface area (Å²) in [6, 6.07) is 28.3. The van der Waals surface area contributed by atoms with E-state index in [-0.39, 0.29) is 16.9 Å². The number of rotatable bonds is 9. The lowest BCUT2D eigenvalue weighted by molar-refractivity contribution is 0.0989. The molecule has 9 heteroatoms. The van der Waals surface area contributed by atoms with Gasteiger partial charge in [-0.3, -0.25) is 14.4 Å². The monoisotopic (exact) mass is 624 g/mol. The highest BCUT2D eigenvalue weighted by Gasteiger charge is 2.27. The van der Waals surface area contributed by atoms with Crippen molar-refractivity contribution in [2.24, 2.45) is 0 Å². The average molecular weight is 625 g/mol. The molecule has 45 heavy (non-hydrogen) atoms. The highest BCUT2D eigenvalue weighted by molar-refractivity contribution is 7.92. The highest BCUT2D eigenvalue weighted by Crippen LogP contribution is 2.33. The Balaban J connectivity index is 1.11. The quantitative estimate of drug-likeness (QED) is 0.242. The molecule has 1 saturated heterocycles. The van der Waals surface area contributed by atoms with E-state index in [1.807, 2.05) is 57.2 Å². The zero-order valence-electron chi connectivity index (χ0n) is 26.1. The van der Waals surface area contributed by atoms with Crippen LogP contribution in [0.25, 0.3) is 0 Å². The van der Waals surface area contributed by atoms with Crippen molar-refractivity contribution in [3.05, 3.63) is 113 Å². The zero-order valence-corrected chi connectivity index (χ0v) is 26.9. The van der Waals surface area contributed by atoms with E-state index >= 15 is 0 Å². The zero-order chi connectivity index (χ0) is 31.6. The van der Waals surface area contributed by atoms with Crippen LogP contribution in [0.1, 0.15) is 40.9 Å². The first-order valence-corrected chi connectivity index (χ1v) is 17.0. The van der Waals surface area contributed by atoms with Crippen molar-refractivity contribution in [1.82, 2.24) is 4.90 Å². The molecule has 0 aliphatic carbocycles. The Labute approximate surface area is 266 Å². The Morgan fingerprint density at radius 3 is 2.36 bits per heavy atom. The first kappa shape index (κ1) is 30.7. The van der Waals surface area contributed by atoms with Gasteiger partial charge in [-0.15, -0.1) is 0 Å². The number of hydrogen-bond acceptors (Lipinski definition) is 6. The van der Waals surface area contributed by atoms with Gasteiger partial charge in [-0.1, -0.05) is 48.0 Å². The summed E-state index contributed by atoms with van der Waals surface area (Å²) >= 11 is 0. The number of sulfonamides is 1. The van der Waals surface area contributed by atoms with E-state index in [4.69, 9.17) is 4.74 Å². The second-order valence-electron chi connectivity index (χ2n) is 12.1. The van der Waals surface area contributed by atoms with Gasteiger partial charge in [0.15, 0.2) is 0 Å². The van der Waals surface area contributed by atoms with Crippen LogP contribution in [0.3, 0.4) is 0 Å². The van der Waals surface area contributed by atoms with E-state index < -0.39 is 10.0 Å². The molecule has 1 N–H and O–H groups in total. The van der Waals surface area contributed by atoms with Crippen molar-refractivity contribution >= 4 is 33.0 Å². The molecule has 4 aromatic carbocycles. The Morgan fingerprint density at radius 2 is 1.60 bits per heavy atom. The fourth-order valence-corrected chi connectivity index (χ4v) is 7.07. The smallest absolute Gasteiger partial charge is 0.261 e. The van der Waals surface area contributed by atoms with E-state index in [1.165, 1.54) is 0 Å². The molecule has 0 saturated carbocycles. The maximum Gasteiger partial charge on any atom is 0.261 e. The van der Waals surface area contributed by atoms with Crippen LogP contribution in [-0.4, -0.2) is 58.1 Å². The van der Waals surface area contributed by atoms with Crippen LogP contribution in [0.15, 0.2) is 95.9 Å². The number of fused-ring (bicyclic) bond motifs is 1. The van der Waals surface area contributed by atoms with Gasteiger partial charge in [0.25, 0.3) is 15.9 Å². The third-order valence-electron chi connectivity index (χ3n) is 8.33. The predicted octanol–water partition coefficient (Wildman–Crippen LogP) is 6.11. The molecule has 234 valence electrons. The Morgan fingerprint density at radius 1 is 0.844 bits per heavy atom. The molecule has 1 fully saturated rings. The summed E-state index contributed by atoms with van der Waals surface area (Å²) in [4.78, 5) is 20.5. The van der Waals surface area contributed by atoms with Crippen LogP contribution in [0.4, 0.5) is 17.1 Å². The number of carbonyl (C=O) groups is 1. The largest absolute Gasteiger partial charge is 0.489 e. The Kier molecular flexibility index (Phi) is 8.83. The summed E-state index contributed by atoms with van der Waals surface area (Å²) in [7, 11) is -3.75. The van der Waals surface area contributed by atoms with Crippen molar-refractivity contribution in [3.8, 4) is 5.75 Å². The van der Waals surface area contributed by atoms with Crippen LogP contribution in [0.2, 0.25) is 0 Å². The van der Waals surface area contributed by atoms with Gasteiger partial charge in [0.05, 0.1) is 22.4 Å². The number of benzene rings is 4. The van der Waals surface area contributed by atoms with Crippen molar-refractivity contribution in [2.45, 2.75) is 44.7 Å². The van der Waals surface area contributed by atoms with Gasteiger partial charge in [0, 0.05) is 50.5 Å². The maximum atomic E-state index is 13.8. The number of amides is 1. The number of para-hydroxylation sites is 2. The predicted molar refractivity (Wildman–Crippen MR) is 180 cm³/mol. The number of piperazine rings is 1. The van der Waals surface area contributed by atoms with Gasteiger partial charge >= 0.3 is 0 Å². The first-order chi connectivity index (χ1) is 21.7. The van der Waals surface area contributed by atoms with Gasteiger partial charge in [-0.25, -0.2) is 8.42 Å². The number of anilines is 3. The van der Waals surface area contributed by atoms with Gasteiger partial charge in [0.1, 0.15) is 5.75 Å². The average Bonchev–Trinajstić information content (AvgIpc) is 3.44. The SMILES string of the molecule is Cc1ccc(S(=O)(=O)Nc2ccc3c(c2)N(C(=O)c2cccc(CN4CCN(c5ccccc5OC(C)C)CC4)c2)CC3)cc1.